The van der Waals surface area contributed by atoms with Crippen molar-refractivity contribution in [3.8, 4) is 0 Å². The van der Waals surface area contributed by atoms with Crippen LogP contribution in [0, 0.1) is 0 Å². The molecule has 0 saturated heterocycles. The molecule has 1 aromatic heterocycles. The molecule has 3 heteroatoms. The van der Waals surface area contributed by atoms with E-state index in [9.17, 15) is 0 Å². The molecule has 0 aliphatic rings. The van der Waals surface area contributed by atoms with E-state index in [4.69, 9.17) is 5.73 Å². The first-order valence-electron chi connectivity index (χ1n) is 6.52. The van der Waals surface area contributed by atoms with E-state index in [0.29, 0.717) is 0 Å². The molecule has 0 fully saturated rings. The maximum absolute atomic E-state index is 6.11. The summed E-state index contributed by atoms with van der Waals surface area (Å²) in [4.78, 5) is 6.42. The minimum Gasteiger partial charge on any atom is -0.326 e. The zero-order valence-corrected chi connectivity index (χ0v) is 11.3. The van der Waals surface area contributed by atoms with E-state index in [-0.39, 0.29) is 12.1 Å². The topological polar surface area (TPSA) is 42.2 Å². The predicted octanol–water partition coefficient (Wildman–Crippen LogP) is 2.59. The van der Waals surface area contributed by atoms with Gasteiger partial charge < -0.3 is 5.73 Å². The Hall–Kier alpha value is -0.930. The van der Waals surface area contributed by atoms with Crippen molar-refractivity contribution < 1.29 is 0 Å². The monoisotopic (exact) mass is 235 g/mol. The van der Waals surface area contributed by atoms with Crippen LogP contribution in [0.5, 0.6) is 0 Å². The molecule has 2 atom stereocenters. The highest BCUT2D eigenvalue weighted by molar-refractivity contribution is 5.16. The van der Waals surface area contributed by atoms with Crippen LogP contribution in [0.25, 0.3) is 0 Å². The minimum absolute atomic E-state index is 0.129. The predicted molar refractivity (Wildman–Crippen MR) is 72.8 cm³/mol. The molecule has 2 N–H and O–H groups in total. The number of unbranched alkanes of at least 4 members (excludes halogenated alkanes) is 2. The number of hydrogen-bond donors (Lipinski definition) is 1. The molecule has 0 aliphatic carbocycles. The SMILES string of the molecule is CCCCCN(C)C(c1ccncc1)C(C)N. The van der Waals surface area contributed by atoms with Crippen LogP contribution in [0.2, 0.25) is 0 Å². The van der Waals surface area contributed by atoms with Gasteiger partial charge in [-0.1, -0.05) is 19.8 Å². The summed E-state index contributed by atoms with van der Waals surface area (Å²) >= 11 is 0. The molecule has 96 valence electrons. The van der Waals surface area contributed by atoms with Gasteiger partial charge in [-0.2, -0.15) is 0 Å². The highest BCUT2D eigenvalue weighted by Crippen LogP contribution is 2.21. The summed E-state index contributed by atoms with van der Waals surface area (Å²) in [5.41, 5.74) is 7.37. The molecule has 1 rings (SSSR count). The molecule has 2 unspecified atom stereocenters. The molecule has 0 aromatic carbocycles. The second kappa shape index (κ2) is 7.41. The van der Waals surface area contributed by atoms with Gasteiger partial charge in [-0.05, 0) is 44.6 Å². The molecule has 0 bridgehead atoms. The molecular weight excluding hydrogens is 210 g/mol. The van der Waals surface area contributed by atoms with Crippen LogP contribution in [0.15, 0.2) is 24.5 Å². The fourth-order valence-corrected chi connectivity index (χ4v) is 2.27. The number of rotatable bonds is 7. The van der Waals surface area contributed by atoms with Gasteiger partial charge in [-0.15, -0.1) is 0 Å². The largest absolute Gasteiger partial charge is 0.326 e. The molecule has 0 radical (unpaired) electrons. The molecule has 0 spiro atoms. The highest BCUT2D eigenvalue weighted by atomic mass is 15.1. The average Bonchev–Trinajstić information content (AvgIpc) is 2.30. The number of hydrogen-bond acceptors (Lipinski definition) is 3. The smallest absolute Gasteiger partial charge is 0.0494 e. The van der Waals surface area contributed by atoms with Gasteiger partial charge in [0.1, 0.15) is 0 Å². The average molecular weight is 235 g/mol. The Morgan fingerprint density at radius 1 is 1.29 bits per heavy atom. The van der Waals surface area contributed by atoms with Gasteiger partial charge in [-0.3, -0.25) is 9.88 Å². The lowest BCUT2D eigenvalue weighted by Gasteiger charge is -2.31. The minimum atomic E-state index is 0.129. The maximum atomic E-state index is 6.11. The summed E-state index contributed by atoms with van der Waals surface area (Å²) in [6.45, 7) is 5.40. The number of likely N-dealkylation sites (N-methyl/N-ethyl adjacent to an activating group) is 1. The number of pyridine rings is 1. The van der Waals surface area contributed by atoms with Crippen molar-refractivity contribution in [2.24, 2.45) is 5.73 Å². The van der Waals surface area contributed by atoms with Crippen LogP contribution < -0.4 is 5.73 Å². The second-order valence-electron chi connectivity index (χ2n) is 4.77. The van der Waals surface area contributed by atoms with E-state index < -0.39 is 0 Å². The Kier molecular flexibility index (Phi) is 6.16. The van der Waals surface area contributed by atoms with Gasteiger partial charge in [0, 0.05) is 24.5 Å². The first-order chi connectivity index (χ1) is 8.16. The van der Waals surface area contributed by atoms with E-state index in [1.807, 2.05) is 12.4 Å². The third-order valence-corrected chi connectivity index (χ3v) is 3.13. The van der Waals surface area contributed by atoms with Crippen molar-refractivity contribution in [2.45, 2.75) is 45.2 Å². The Morgan fingerprint density at radius 2 is 1.94 bits per heavy atom. The second-order valence-corrected chi connectivity index (χ2v) is 4.77. The van der Waals surface area contributed by atoms with Crippen LogP contribution in [0.3, 0.4) is 0 Å². The van der Waals surface area contributed by atoms with E-state index in [0.717, 1.165) is 6.54 Å². The van der Waals surface area contributed by atoms with E-state index in [1.54, 1.807) is 0 Å². The molecule has 17 heavy (non-hydrogen) atoms. The standard InChI is InChI=1S/C14H25N3/c1-4-5-6-11-17(3)14(12(2)15)13-7-9-16-10-8-13/h7-10,12,14H,4-6,11,15H2,1-3H3. The lowest BCUT2D eigenvalue weighted by molar-refractivity contribution is 0.215. The van der Waals surface area contributed by atoms with Crippen LogP contribution in [-0.4, -0.2) is 29.5 Å². The van der Waals surface area contributed by atoms with Crippen LogP contribution >= 0.6 is 0 Å². The third kappa shape index (κ3) is 4.44. The summed E-state index contributed by atoms with van der Waals surface area (Å²) in [5.74, 6) is 0. The van der Waals surface area contributed by atoms with Crippen molar-refractivity contribution in [1.82, 2.24) is 9.88 Å². The quantitative estimate of drug-likeness (QED) is 0.739. The van der Waals surface area contributed by atoms with E-state index >= 15 is 0 Å². The first-order valence-corrected chi connectivity index (χ1v) is 6.52. The van der Waals surface area contributed by atoms with E-state index in [2.05, 4.69) is 42.9 Å². The first kappa shape index (κ1) is 14.1. The Morgan fingerprint density at radius 3 is 2.47 bits per heavy atom. The van der Waals surface area contributed by atoms with E-state index in [1.165, 1.54) is 24.8 Å². The summed E-state index contributed by atoms with van der Waals surface area (Å²) < 4.78 is 0. The van der Waals surface area contributed by atoms with Gasteiger partial charge in [0.25, 0.3) is 0 Å². The summed E-state index contributed by atoms with van der Waals surface area (Å²) in [6, 6.07) is 4.54. The van der Waals surface area contributed by atoms with Crippen LogP contribution in [-0.2, 0) is 0 Å². The number of nitrogens with two attached hydrogens (primary N) is 1. The Labute approximate surface area is 105 Å². The molecule has 0 aliphatic heterocycles. The van der Waals surface area contributed by atoms with Crippen molar-refractivity contribution >= 4 is 0 Å². The van der Waals surface area contributed by atoms with Gasteiger partial charge in [0.15, 0.2) is 0 Å². The molecule has 0 amide bonds. The molecular formula is C14H25N3. The lowest BCUT2D eigenvalue weighted by Crippen LogP contribution is -2.37. The summed E-state index contributed by atoms with van der Waals surface area (Å²) in [5, 5.41) is 0. The molecule has 0 saturated carbocycles. The molecule has 1 heterocycles. The fraction of sp³-hybridized carbons (Fsp3) is 0.643. The van der Waals surface area contributed by atoms with Crippen molar-refractivity contribution in [3.05, 3.63) is 30.1 Å². The zero-order valence-electron chi connectivity index (χ0n) is 11.3. The van der Waals surface area contributed by atoms with Crippen molar-refractivity contribution in [3.63, 3.8) is 0 Å². The van der Waals surface area contributed by atoms with Gasteiger partial charge in [0.05, 0.1) is 0 Å². The van der Waals surface area contributed by atoms with Gasteiger partial charge >= 0.3 is 0 Å². The highest BCUT2D eigenvalue weighted by Gasteiger charge is 2.20. The normalized spacial score (nSPS) is 14.9. The summed E-state index contributed by atoms with van der Waals surface area (Å²) in [7, 11) is 2.16. The maximum Gasteiger partial charge on any atom is 0.0494 e. The van der Waals surface area contributed by atoms with Gasteiger partial charge in [-0.25, -0.2) is 0 Å². The Bertz CT molecular complexity index is 298. The molecule has 1 aromatic rings. The number of nitrogens with zero attached hydrogens (tertiary/aromatic N) is 2. The van der Waals surface area contributed by atoms with Crippen LogP contribution in [0.4, 0.5) is 0 Å². The number of aromatic nitrogens is 1. The van der Waals surface area contributed by atoms with Crippen LogP contribution in [0.1, 0.15) is 44.7 Å². The molecule has 3 nitrogen and oxygen atoms in total. The van der Waals surface area contributed by atoms with Crippen molar-refractivity contribution in [2.75, 3.05) is 13.6 Å². The van der Waals surface area contributed by atoms with Gasteiger partial charge in [0.2, 0.25) is 0 Å². The van der Waals surface area contributed by atoms with Crippen molar-refractivity contribution in [1.29, 1.82) is 0 Å². The third-order valence-electron chi connectivity index (χ3n) is 3.13. The Balaban J connectivity index is 2.66. The fourth-order valence-electron chi connectivity index (χ4n) is 2.27. The summed E-state index contributed by atoms with van der Waals surface area (Å²) in [6.07, 6.45) is 7.45. The lowest BCUT2D eigenvalue weighted by atomic mass is 10.0. The zero-order chi connectivity index (χ0) is 12.7.